The Morgan fingerprint density at radius 3 is 2.79 bits per heavy atom. The molecule has 0 aliphatic carbocycles. The summed E-state index contributed by atoms with van der Waals surface area (Å²) in [5.74, 6) is 1.44. The molecule has 0 amide bonds. The number of aromatic nitrogens is 2. The van der Waals surface area contributed by atoms with Crippen LogP contribution in [0, 0.1) is 0 Å². The van der Waals surface area contributed by atoms with Gasteiger partial charge < -0.3 is 10.1 Å². The lowest BCUT2D eigenvalue weighted by Gasteiger charge is -2.15. The Morgan fingerprint density at radius 2 is 1.93 bits per heavy atom. The Labute approximate surface area is 170 Å². The van der Waals surface area contributed by atoms with Crippen molar-refractivity contribution in [3.63, 3.8) is 0 Å². The molecule has 2 heterocycles. The number of likely N-dealkylation sites (tertiary alicyclic amines) is 1. The summed E-state index contributed by atoms with van der Waals surface area (Å²) in [7, 11) is 1.67. The minimum atomic E-state index is 0.603. The van der Waals surface area contributed by atoms with Crippen LogP contribution in [0.2, 0.25) is 0 Å². The van der Waals surface area contributed by atoms with Gasteiger partial charge in [0, 0.05) is 23.3 Å². The van der Waals surface area contributed by atoms with Gasteiger partial charge in [-0.15, -0.1) is 0 Å². The largest absolute Gasteiger partial charge is 0.497 e. The van der Waals surface area contributed by atoms with Crippen molar-refractivity contribution in [2.45, 2.75) is 29.3 Å². The highest BCUT2D eigenvalue weighted by Gasteiger charge is 2.12. The maximum atomic E-state index is 5.29. The number of hydrogen-bond donors (Lipinski definition) is 1. The maximum absolute atomic E-state index is 5.29. The molecule has 0 atom stereocenters. The van der Waals surface area contributed by atoms with Crippen molar-refractivity contribution in [2.75, 3.05) is 25.5 Å². The lowest BCUT2D eigenvalue weighted by atomic mass is 10.2. The molecular formula is C22H24N4OS. The highest BCUT2D eigenvalue weighted by atomic mass is 32.2. The number of nitrogens with one attached hydrogen (secondary N) is 1. The molecule has 5 nitrogen and oxygen atoms in total. The molecule has 144 valence electrons. The quantitative estimate of drug-likeness (QED) is 0.573. The fraction of sp³-hybridized carbons (Fsp3) is 0.273. The number of nitrogens with zero attached hydrogens (tertiary/aromatic N) is 3. The molecule has 1 fully saturated rings. The van der Waals surface area contributed by atoms with Crippen molar-refractivity contribution >= 4 is 23.4 Å². The van der Waals surface area contributed by atoms with Gasteiger partial charge >= 0.3 is 0 Å². The topological polar surface area (TPSA) is 50.3 Å². The Kier molecular flexibility index (Phi) is 6.09. The maximum Gasteiger partial charge on any atom is 0.228 e. The number of methoxy groups -OCH3 is 1. The minimum Gasteiger partial charge on any atom is -0.497 e. The van der Waals surface area contributed by atoms with E-state index in [4.69, 9.17) is 4.74 Å². The fourth-order valence-electron chi connectivity index (χ4n) is 3.32. The van der Waals surface area contributed by atoms with Gasteiger partial charge in [0.2, 0.25) is 5.95 Å². The Morgan fingerprint density at radius 1 is 1.07 bits per heavy atom. The van der Waals surface area contributed by atoms with E-state index in [1.54, 1.807) is 25.1 Å². The van der Waals surface area contributed by atoms with Crippen LogP contribution in [0.3, 0.4) is 0 Å². The van der Waals surface area contributed by atoms with Crippen LogP contribution in [-0.4, -0.2) is 35.1 Å². The molecular weight excluding hydrogens is 368 g/mol. The molecule has 0 radical (unpaired) electrons. The predicted molar refractivity (Wildman–Crippen MR) is 113 cm³/mol. The molecule has 28 heavy (non-hydrogen) atoms. The molecule has 1 aromatic heterocycles. The van der Waals surface area contributed by atoms with Gasteiger partial charge in [0.05, 0.1) is 7.11 Å². The van der Waals surface area contributed by atoms with Gasteiger partial charge in [0.25, 0.3) is 0 Å². The van der Waals surface area contributed by atoms with Crippen LogP contribution in [0.25, 0.3) is 0 Å². The lowest BCUT2D eigenvalue weighted by molar-refractivity contribution is 0.331. The number of ether oxygens (including phenoxy) is 1. The third-order valence-corrected chi connectivity index (χ3v) is 5.61. The van der Waals surface area contributed by atoms with Crippen molar-refractivity contribution < 1.29 is 4.74 Å². The summed E-state index contributed by atoms with van der Waals surface area (Å²) >= 11 is 1.59. The number of rotatable bonds is 7. The third kappa shape index (κ3) is 5.03. The van der Waals surface area contributed by atoms with Crippen LogP contribution in [0.5, 0.6) is 5.75 Å². The number of benzene rings is 2. The second-order valence-corrected chi connectivity index (χ2v) is 7.90. The number of hydrogen-bond acceptors (Lipinski definition) is 6. The van der Waals surface area contributed by atoms with Gasteiger partial charge in [-0.3, -0.25) is 4.90 Å². The summed E-state index contributed by atoms with van der Waals surface area (Å²) in [6.45, 7) is 3.40. The van der Waals surface area contributed by atoms with Crippen LogP contribution in [0.4, 0.5) is 11.6 Å². The normalized spacial score (nSPS) is 14.2. The summed E-state index contributed by atoms with van der Waals surface area (Å²) in [5, 5.41) is 4.23. The first kappa shape index (κ1) is 18.8. The van der Waals surface area contributed by atoms with Crippen LogP contribution < -0.4 is 10.1 Å². The fourth-order valence-corrected chi connectivity index (χ4v) is 4.14. The molecule has 3 aromatic rings. The van der Waals surface area contributed by atoms with Crippen molar-refractivity contribution in [3.05, 3.63) is 66.4 Å². The summed E-state index contributed by atoms with van der Waals surface area (Å²) in [6.07, 6.45) is 4.40. The summed E-state index contributed by atoms with van der Waals surface area (Å²) < 4.78 is 5.29. The molecule has 0 bridgehead atoms. The molecule has 0 unspecified atom stereocenters. The van der Waals surface area contributed by atoms with Gasteiger partial charge in [-0.1, -0.05) is 30.0 Å². The Hall–Kier alpha value is -2.57. The molecule has 1 N–H and O–H groups in total. The van der Waals surface area contributed by atoms with E-state index in [0.717, 1.165) is 27.9 Å². The van der Waals surface area contributed by atoms with E-state index in [1.807, 2.05) is 30.3 Å². The van der Waals surface area contributed by atoms with Crippen molar-refractivity contribution in [3.8, 4) is 5.75 Å². The van der Waals surface area contributed by atoms with E-state index in [9.17, 15) is 0 Å². The Bertz CT molecular complexity index is 928. The van der Waals surface area contributed by atoms with Crippen LogP contribution in [-0.2, 0) is 6.54 Å². The van der Waals surface area contributed by atoms with Gasteiger partial charge in [-0.05, 0) is 67.9 Å². The standard InChI is InChI=1S/C22H24N4OS/c1-27-19-8-5-9-20(15-19)28-21-10-11-23-22(25-21)24-18-7-4-6-17(14-18)16-26-12-2-3-13-26/h4-11,14-15H,2-3,12-13,16H2,1H3,(H,23,24,25). The SMILES string of the molecule is COc1cccc(Sc2ccnc(Nc3cccc(CN4CCCC4)c3)n2)c1. The van der Waals surface area contributed by atoms with Crippen molar-refractivity contribution in [2.24, 2.45) is 0 Å². The zero-order chi connectivity index (χ0) is 19.2. The smallest absolute Gasteiger partial charge is 0.228 e. The third-order valence-electron chi connectivity index (χ3n) is 4.68. The zero-order valence-electron chi connectivity index (χ0n) is 16.0. The first-order valence-corrected chi connectivity index (χ1v) is 10.3. The van der Waals surface area contributed by atoms with Crippen LogP contribution >= 0.6 is 11.8 Å². The van der Waals surface area contributed by atoms with Crippen LogP contribution in [0.1, 0.15) is 18.4 Å². The van der Waals surface area contributed by atoms with Gasteiger partial charge in [-0.2, -0.15) is 0 Å². The zero-order valence-corrected chi connectivity index (χ0v) is 16.8. The monoisotopic (exact) mass is 392 g/mol. The molecule has 0 saturated carbocycles. The molecule has 0 spiro atoms. The second kappa shape index (κ2) is 9.08. The molecule has 1 saturated heterocycles. The average Bonchev–Trinajstić information content (AvgIpc) is 3.22. The van der Waals surface area contributed by atoms with E-state index in [-0.39, 0.29) is 0 Å². The molecule has 1 aliphatic rings. The van der Waals surface area contributed by atoms with Crippen molar-refractivity contribution in [1.82, 2.24) is 14.9 Å². The highest BCUT2D eigenvalue weighted by Crippen LogP contribution is 2.29. The summed E-state index contributed by atoms with van der Waals surface area (Å²) in [5.41, 5.74) is 2.33. The van der Waals surface area contributed by atoms with E-state index in [2.05, 4.69) is 44.5 Å². The minimum absolute atomic E-state index is 0.603. The first-order chi connectivity index (χ1) is 13.8. The van der Waals surface area contributed by atoms with Gasteiger partial charge in [0.15, 0.2) is 0 Å². The van der Waals surface area contributed by atoms with Gasteiger partial charge in [-0.25, -0.2) is 9.97 Å². The van der Waals surface area contributed by atoms with E-state index in [1.165, 1.54) is 31.5 Å². The van der Waals surface area contributed by atoms with E-state index >= 15 is 0 Å². The van der Waals surface area contributed by atoms with E-state index < -0.39 is 0 Å². The molecule has 1 aliphatic heterocycles. The first-order valence-electron chi connectivity index (χ1n) is 9.52. The Balaban J connectivity index is 1.44. The molecule has 6 heteroatoms. The summed E-state index contributed by atoms with van der Waals surface area (Å²) in [6, 6.07) is 18.4. The second-order valence-electron chi connectivity index (χ2n) is 6.81. The molecule has 2 aromatic carbocycles. The average molecular weight is 393 g/mol. The van der Waals surface area contributed by atoms with Crippen molar-refractivity contribution in [1.29, 1.82) is 0 Å². The number of anilines is 2. The van der Waals surface area contributed by atoms with Gasteiger partial charge in [0.1, 0.15) is 10.8 Å². The summed E-state index contributed by atoms with van der Waals surface area (Å²) in [4.78, 5) is 12.6. The predicted octanol–water partition coefficient (Wildman–Crippen LogP) is 4.98. The highest BCUT2D eigenvalue weighted by molar-refractivity contribution is 7.99. The van der Waals surface area contributed by atoms with E-state index in [0.29, 0.717) is 5.95 Å². The lowest BCUT2D eigenvalue weighted by Crippen LogP contribution is -2.18. The molecule has 4 rings (SSSR count). The van der Waals surface area contributed by atoms with Crippen LogP contribution in [0.15, 0.2) is 70.7 Å².